The highest BCUT2D eigenvalue weighted by atomic mass is 32.1. The number of amides is 1. The second-order valence-electron chi connectivity index (χ2n) is 6.56. The van der Waals surface area contributed by atoms with Crippen LogP contribution in [0.1, 0.15) is 36.1 Å². The average molecular weight is 312 g/mol. The molecular formula is C18H20N2OS. The number of carbonyl (C=O) groups excluding carboxylic acids is 1. The van der Waals surface area contributed by atoms with Crippen LogP contribution in [0.15, 0.2) is 36.5 Å². The maximum atomic E-state index is 12.4. The van der Waals surface area contributed by atoms with Crippen LogP contribution in [-0.2, 0) is 11.2 Å². The highest BCUT2D eigenvalue weighted by molar-refractivity contribution is 7.15. The molecule has 3 nitrogen and oxygen atoms in total. The number of aromatic nitrogens is 1. The zero-order chi connectivity index (χ0) is 14.9. The smallest absolute Gasteiger partial charge is 0.229 e. The molecule has 2 fully saturated rings. The van der Waals surface area contributed by atoms with Crippen molar-refractivity contribution in [3.63, 3.8) is 0 Å². The number of hydrogen-bond donors (Lipinski definition) is 1. The normalized spacial score (nSPS) is 26.3. The number of carbonyl (C=O) groups is 1. The van der Waals surface area contributed by atoms with E-state index in [1.54, 1.807) is 11.3 Å². The van der Waals surface area contributed by atoms with Crippen molar-refractivity contribution in [1.82, 2.24) is 4.98 Å². The van der Waals surface area contributed by atoms with Crippen LogP contribution in [0.3, 0.4) is 0 Å². The van der Waals surface area contributed by atoms with E-state index < -0.39 is 0 Å². The second-order valence-corrected chi connectivity index (χ2v) is 7.68. The van der Waals surface area contributed by atoms with Crippen molar-refractivity contribution in [3.8, 4) is 0 Å². The molecule has 2 aromatic rings. The lowest BCUT2D eigenvalue weighted by Crippen LogP contribution is -2.27. The van der Waals surface area contributed by atoms with Crippen molar-refractivity contribution in [2.24, 2.45) is 17.8 Å². The molecule has 1 N–H and O–H groups in total. The number of anilines is 1. The van der Waals surface area contributed by atoms with Gasteiger partial charge in [-0.3, -0.25) is 4.79 Å². The van der Waals surface area contributed by atoms with Crippen LogP contribution >= 0.6 is 11.3 Å². The molecule has 22 heavy (non-hydrogen) atoms. The first-order chi connectivity index (χ1) is 10.8. The SMILES string of the molecule is O=C(Nc1ncc(Cc2ccccc2)s1)[C@H]1C[C@H]2CC[C@H]1C2. The number of nitrogens with zero attached hydrogens (tertiary/aromatic N) is 1. The summed E-state index contributed by atoms with van der Waals surface area (Å²) in [5, 5.41) is 3.79. The van der Waals surface area contributed by atoms with E-state index in [9.17, 15) is 4.79 Å². The number of rotatable bonds is 4. The molecule has 2 saturated carbocycles. The van der Waals surface area contributed by atoms with Gasteiger partial charge in [-0.1, -0.05) is 36.8 Å². The Labute approximate surface area is 134 Å². The Morgan fingerprint density at radius 1 is 1.23 bits per heavy atom. The van der Waals surface area contributed by atoms with Gasteiger partial charge in [0.2, 0.25) is 5.91 Å². The molecule has 1 aromatic heterocycles. The predicted molar refractivity (Wildman–Crippen MR) is 88.9 cm³/mol. The van der Waals surface area contributed by atoms with E-state index >= 15 is 0 Å². The summed E-state index contributed by atoms with van der Waals surface area (Å²) in [6.07, 6.45) is 7.66. The summed E-state index contributed by atoms with van der Waals surface area (Å²) >= 11 is 1.59. The summed E-state index contributed by atoms with van der Waals surface area (Å²) in [6.45, 7) is 0. The molecule has 4 heteroatoms. The molecule has 114 valence electrons. The molecule has 2 bridgehead atoms. The summed E-state index contributed by atoms with van der Waals surface area (Å²) in [4.78, 5) is 18.0. The van der Waals surface area contributed by atoms with E-state index in [0.29, 0.717) is 5.92 Å². The van der Waals surface area contributed by atoms with Crippen molar-refractivity contribution >= 4 is 22.4 Å². The van der Waals surface area contributed by atoms with E-state index in [1.165, 1.54) is 29.7 Å². The topological polar surface area (TPSA) is 42.0 Å². The summed E-state index contributed by atoms with van der Waals surface area (Å²) in [6, 6.07) is 10.4. The van der Waals surface area contributed by atoms with Gasteiger partial charge in [0.05, 0.1) is 0 Å². The van der Waals surface area contributed by atoms with Crippen LogP contribution in [0.5, 0.6) is 0 Å². The van der Waals surface area contributed by atoms with Crippen molar-refractivity contribution < 1.29 is 4.79 Å². The van der Waals surface area contributed by atoms with Crippen molar-refractivity contribution in [1.29, 1.82) is 0 Å². The summed E-state index contributed by atoms with van der Waals surface area (Å²) < 4.78 is 0. The first-order valence-electron chi connectivity index (χ1n) is 8.07. The van der Waals surface area contributed by atoms with Crippen LogP contribution in [0.2, 0.25) is 0 Å². The van der Waals surface area contributed by atoms with Crippen molar-refractivity contribution in [3.05, 3.63) is 47.0 Å². The minimum Gasteiger partial charge on any atom is -0.302 e. The van der Waals surface area contributed by atoms with Gasteiger partial charge in [0, 0.05) is 23.4 Å². The lowest BCUT2D eigenvalue weighted by molar-refractivity contribution is -0.121. The molecule has 1 heterocycles. The first kappa shape index (κ1) is 13.9. The highest BCUT2D eigenvalue weighted by Crippen LogP contribution is 2.48. The zero-order valence-corrected chi connectivity index (χ0v) is 13.3. The van der Waals surface area contributed by atoms with Gasteiger partial charge >= 0.3 is 0 Å². The molecule has 0 radical (unpaired) electrons. The van der Waals surface area contributed by atoms with Gasteiger partial charge in [-0.25, -0.2) is 4.98 Å². The summed E-state index contributed by atoms with van der Waals surface area (Å²) in [7, 11) is 0. The molecule has 1 amide bonds. The fourth-order valence-corrected chi connectivity index (χ4v) is 4.86. The van der Waals surface area contributed by atoms with Crippen LogP contribution in [0.25, 0.3) is 0 Å². The van der Waals surface area contributed by atoms with Crippen LogP contribution < -0.4 is 5.32 Å². The van der Waals surface area contributed by atoms with Crippen molar-refractivity contribution in [2.75, 3.05) is 5.32 Å². The third-order valence-electron chi connectivity index (χ3n) is 5.08. The van der Waals surface area contributed by atoms with Crippen molar-refractivity contribution in [2.45, 2.75) is 32.1 Å². The maximum Gasteiger partial charge on any atom is 0.229 e. The Morgan fingerprint density at radius 2 is 2.09 bits per heavy atom. The Bertz CT molecular complexity index is 667. The number of nitrogens with one attached hydrogen (secondary N) is 1. The van der Waals surface area contributed by atoms with Gasteiger partial charge in [0.1, 0.15) is 0 Å². The quantitative estimate of drug-likeness (QED) is 0.923. The number of fused-ring (bicyclic) bond motifs is 2. The van der Waals surface area contributed by atoms with Gasteiger partial charge in [-0.05, 0) is 36.7 Å². The predicted octanol–water partition coefficient (Wildman–Crippen LogP) is 4.11. The van der Waals surface area contributed by atoms with Crippen LogP contribution in [0.4, 0.5) is 5.13 Å². The Hall–Kier alpha value is -1.68. The summed E-state index contributed by atoms with van der Waals surface area (Å²) in [5.74, 6) is 1.83. The zero-order valence-electron chi connectivity index (χ0n) is 12.5. The maximum absolute atomic E-state index is 12.4. The minimum atomic E-state index is 0.188. The monoisotopic (exact) mass is 312 g/mol. The number of hydrogen-bond acceptors (Lipinski definition) is 3. The largest absolute Gasteiger partial charge is 0.302 e. The molecule has 1 aromatic carbocycles. The lowest BCUT2D eigenvalue weighted by atomic mass is 9.88. The van der Waals surface area contributed by atoms with Gasteiger partial charge in [-0.15, -0.1) is 11.3 Å². The summed E-state index contributed by atoms with van der Waals surface area (Å²) in [5.41, 5.74) is 1.28. The molecular weight excluding hydrogens is 292 g/mol. The van der Waals surface area contributed by atoms with E-state index in [4.69, 9.17) is 0 Å². The molecule has 4 rings (SSSR count). The Kier molecular flexibility index (Phi) is 3.70. The molecule has 3 atom stereocenters. The van der Waals surface area contributed by atoms with E-state index in [0.717, 1.165) is 23.9 Å². The van der Waals surface area contributed by atoms with Crippen LogP contribution in [0, 0.1) is 17.8 Å². The Morgan fingerprint density at radius 3 is 2.82 bits per heavy atom. The first-order valence-corrected chi connectivity index (χ1v) is 8.89. The highest BCUT2D eigenvalue weighted by Gasteiger charge is 2.43. The minimum absolute atomic E-state index is 0.188. The third kappa shape index (κ3) is 2.80. The standard InChI is InChI=1S/C18H20N2OS/c21-17(16-10-13-6-7-14(16)8-13)20-18-19-11-15(22-18)9-12-4-2-1-3-5-12/h1-5,11,13-14,16H,6-10H2,(H,19,20,21)/t13-,14-,16-/m0/s1. The average Bonchev–Trinajstić information content (AvgIpc) is 3.25. The van der Waals surface area contributed by atoms with Crippen LogP contribution in [-0.4, -0.2) is 10.9 Å². The molecule has 0 spiro atoms. The molecule has 2 aliphatic carbocycles. The second kappa shape index (κ2) is 5.84. The molecule has 0 saturated heterocycles. The van der Waals surface area contributed by atoms with Gasteiger partial charge < -0.3 is 5.32 Å². The van der Waals surface area contributed by atoms with Gasteiger partial charge in [0.15, 0.2) is 5.13 Å². The molecule has 2 aliphatic rings. The van der Waals surface area contributed by atoms with E-state index in [-0.39, 0.29) is 11.8 Å². The van der Waals surface area contributed by atoms with E-state index in [2.05, 4.69) is 22.4 Å². The third-order valence-corrected chi connectivity index (χ3v) is 5.99. The number of benzene rings is 1. The Balaban J connectivity index is 1.38. The number of thiazole rings is 1. The molecule has 0 aliphatic heterocycles. The van der Waals surface area contributed by atoms with Gasteiger partial charge in [0.25, 0.3) is 0 Å². The van der Waals surface area contributed by atoms with Gasteiger partial charge in [-0.2, -0.15) is 0 Å². The van der Waals surface area contributed by atoms with E-state index in [1.807, 2.05) is 24.4 Å². The lowest BCUT2D eigenvalue weighted by Gasteiger charge is -2.19. The fraction of sp³-hybridized carbons (Fsp3) is 0.444. The molecule has 0 unspecified atom stereocenters. The fourth-order valence-electron chi connectivity index (χ4n) is 4.01.